The molecule has 0 aliphatic carbocycles. The third-order valence-electron chi connectivity index (χ3n) is 2.71. The van der Waals surface area contributed by atoms with Crippen LogP contribution in [0.3, 0.4) is 0 Å². The van der Waals surface area contributed by atoms with Crippen LogP contribution in [0, 0.1) is 5.92 Å². The Balaban J connectivity index is -0.000000150. The second kappa shape index (κ2) is 13.0. The van der Waals surface area contributed by atoms with Crippen molar-refractivity contribution in [3.05, 3.63) is 41.0 Å². The van der Waals surface area contributed by atoms with Crippen LogP contribution in [0.25, 0.3) is 0 Å². The van der Waals surface area contributed by atoms with Gasteiger partial charge in [-0.2, -0.15) is 0 Å². The topological polar surface area (TPSA) is 94.8 Å². The van der Waals surface area contributed by atoms with Crippen LogP contribution < -0.4 is 88.7 Å². The molecule has 1 aromatic rings. The van der Waals surface area contributed by atoms with Gasteiger partial charge in [0.2, 0.25) is 0 Å². The predicted molar refractivity (Wildman–Crippen MR) is 72.3 cm³/mol. The smallest absolute Gasteiger partial charge is 1.00 e. The van der Waals surface area contributed by atoms with Crippen molar-refractivity contribution in [1.82, 2.24) is 0 Å². The maximum atomic E-state index is 11.3. The minimum atomic E-state index is -1.24. The molecular formula is C14H19Na3O5. The fraction of sp³-hybridized carbons (Fsp3) is 0.286. The van der Waals surface area contributed by atoms with E-state index in [4.69, 9.17) is 10.2 Å². The zero-order valence-electron chi connectivity index (χ0n) is 16.8. The molecule has 108 valence electrons. The minimum absolute atomic E-state index is 0. The molecular weight excluding hydrogens is 317 g/mol. The van der Waals surface area contributed by atoms with Crippen LogP contribution in [-0.4, -0.2) is 27.3 Å². The molecule has 3 N–H and O–H groups in total. The van der Waals surface area contributed by atoms with Crippen LogP contribution in [0.5, 0.6) is 5.75 Å². The van der Waals surface area contributed by atoms with E-state index >= 15 is 0 Å². The summed E-state index contributed by atoms with van der Waals surface area (Å²) in [5.41, 5.74) is 0.406. The molecule has 0 fully saturated rings. The molecule has 0 aliphatic heterocycles. The van der Waals surface area contributed by atoms with E-state index in [0.29, 0.717) is 5.56 Å². The number of aliphatic carboxylic acids is 2. The Labute approximate surface area is 200 Å². The molecule has 0 atom stereocenters. The molecule has 5 nitrogen and oxygen atoms in total. The van der Waals surface area contributed by atoms with Crippen molar-refractivity contribution in [3.63, 3.8) is 0 Å². The Hall–Kier alpha value is 0.700. The van der Waals surface area contributed by atoms with Gasteiger partial charge in [0.25, 0.3) is 0 Å². The van der Waals surface area contributed by atoms with Crippen molar-refractivity contribution >= 4 is 11.9 Å². The molecule has 0 radical (unpaired) electrons. The van der Waals surface area contributed by atoms with Gasteiger partial charge in [0.15, 0.2) is 0 Å². The van der Waals surface area contributed by atoms with Crippen LogP contribution in [0.2, 0.25) is 0 Å². The standard InChI is InChI=1S/C14H16O5.3Na.3H/c1-8(2)12(14(18)19)11(13(16)17)7-9-3-5-10(15)6-4-9;;;;;;/h3-6,8,15H,7H2,1-2H3,(H,16,17)(H,18,19);;;;;;/q;3*+1;3*-1/b12-11-;;;;;;. The SMILES string of the molecule is CC(C)/C(C(=O)O)=C(\Cc1ccc(O)cc1)C(=O)O.[H-].[H-].[H-].[Na+].[Na+].[Na+]. The number of hydrogen-bond acceptors (Lipinski definition) is 3. The summed E-state index contributed by atoms with van der Waals surface area (Å²) >= 11 is 0. The van der Waals surface area contributed by atoms with Crippen molar-refractivity contribution in [2.24, 2.45) is 5.92 Å². The van der Waals surface area contributed by atoms with Gasteiger partial charge in [0.1, 0.15) is 5.75 Å². The first kappa shape index (κ1) is 27.5. The molecule has 0 aliphatic rings. The van der Waals surface area contributed by atoms with Gasteiger partial charge in [-0.05, 0) is 23.6 Å². The van der Waals surface area contributed by atoms with E-state index in [2.05, 4.69) is 0 Å². The number of phenols is 1. The Morgan fingerprint density at radius 1 is 1.00 bits per heavy atom. The molecule has 22 heavy (non-hydrogen) atoms. The third-order valence-corrected chi connectivity index (χ3v) is 2.71. The number of benzene rings is 1. The van der Waals surface area contributed by atoms with Crippen LogP contribution in [0.4, 0.5) is 0 Å². The summed E-state index contributed by atoms with van der Waals surface area (Å²) < 4.78 is 0. The Kier molecular flexibility index (Phi) is 16.3. The van der Waals surface area contributed by atoms with E-state index in [-0.39, 0.29) is 122 Å². The quantitative estimate of drug-likeness (QED) is 0.367. The largest absolute Gasteiger partial charge is 1.00 e. The normalized spacial score (nSPS) is 10.5. The number of carbonyl (C=O) groups is 2. The fourth-order valence-electron chi connectivity index (χ4n) is 1.83. The Morgan fingerprint density at radius 3 is 1.77 bits per heavy atom. The van der Waals surface area contributed by atoms with Crippen molar-refractivity contribution in [1.29, 1.82) is 0 Å². The summed E-state index contributed by atoms with van der Waals surface area (Å²) in [6.07, 6.45) is 0.00935. The van der Waals surface area contributed by atoms with Gasteiger partial charge in [-0.3, -0.25) is 0 Å². The maximum Gasteiger partial charge on any atom is 1.00 e. The van der Waals surface area contributed by atoms with Gasteiger partial charge in [-0.25, -0.2) is 9.59 Å². The van der Waals surface area contributed by atoms with Gasteiger partial charge < -0.3 is 19.6 Å². The first-order valence-electron chi connectivity index (χ1n) is 5.80. The molecule has 0 saturated heterocycles. The first-order chi connectivity index (χ1) is 8.82. The first-order valence-corrected chi connectivity index (χ1v) is 5.80. The molecule has 1 rings (SSSR count). The number of phenolic OH excluding ortho intramolecular Hbond substituents is 1. The number of rotatable bonds is 5. The zero-order valence-corrected chi connectivity index (χ0v) is 19.8. The van der Waals surface area contributed by atoms with E-state index < -0.39 is 11.9 Å². The number of hydrogen-bond donors (Lipinski definition) is 3. The van der Waals surface area contributed by atoms with Gasteiger partial charge in [-0.1, -0.05) is 26.0 Å². The van der Waals surface area contributed by atoms with Gasteiger partial charge in [0.05, 0.1) is 11.1 Å². The average Bonchev–Trinajstić information content (AvgIpc) is 2.29. The van der Waals surface area contributed by atoms with E-state index in [0.717, 1.165) is 0 Å². The zero-order chi connectivity index (χ0) is 14.6. The number of carboxylic acid groups (broad SMARTS) is 2. The number of carboxylic acids is 2. The number of aromatic hydroxyl groups is 1. The van der Waals surface area contributed by atoms with E-state index in [9.17, 15) is 14.7 Å². The van der Waals surface area contributed by atoms with Gasteiger partial charge in [-0.15, -0.1) is 0 Å². The van der Waals surface area contributed by atoms with Gasteiger partial charge >= 0.3 is 101 Å². The van der Waals surface area contributed by atoms with E-state index in [1.54, 1.807) is 26.0 Å². The van der Waals surface area contributed by atoms with Crippen molar-refractivity contribution in [3.8, 4) is 5.75 Å². The monoisotopic (exact) mass is 336 g/mol. The van der Waals surface area contributed by atoms with Crippen molar-refractivity contribution in [2.75, 3.05) is 0 Å². The Morgan fingerprint density at radius 2 is 1.45 bits per heavy atom. The molecule has 0 amide bonds. The molecule has 0 unspecified atom stereocenters. The molecule has 1 aromatic carbocycles. The second-order valence-electron chi connectivity index (χ2n) is 4.50. The summed E-state index contributed by atoms with van der Waals surface area (Å²) in [6.45, 7) is 3.28. The summed E-state index contributed by atoms with van der Waals surface area (Å²) in [6, 6.07) is 6.01. The van der Waals surface area contributed by atoms with Gasteiger partial charge in [0, 0.05) is 6.42 Å². The summed E-state index contributed by atoms with van der Waals surface area (Å²) in [4.78, 5) is 22.4. The predicted octanol–water partition coefficient (Wildman–Crippen LogP) is -6.59. The van der Waals surface area contributed by atoms with Crippen molar-refractivity contribution in [2.45, 2.75) is 20.3 Å². The molecule has 0 spiro atoms. The minimum Gasteiger partial charge on any atom is -1.00 e. The summed E-state index contributed by atoms with van der Waals surface area (Å²) in [5.74, 6) is -2.77. The van der Waals surface area contributed by atoms with E-state index in [1.165, 1.54) is 12.1 Å². The third kappa shape index (κ3) is 8.52. The second-order valence-corrected chi connectivity index (χ2v) is 4.50. The molecule has 0 saturated carbocycles. The van der Waals surface area contributed by atoms with Crippen LogP contribution in [0.15, 0.2) is 35.4 Å². The summed E-state index contributed by atoms with van der Waals surface area (Å²) in [7, 11) is 0. The summed E-state index contributed by atoms with van der Waals surface area (Å²) in [5, 5.41) is 27.5. The average molecular weight is 336 g/mol. The van der Waals surface area contributed by atoms with E-state index in [1.807, 2.05) is 0 Å². The van der Waals surface area contributed by atoms with Crippen molar-refractivity contribution < 1.29 is 118 Å². The molecule has 0 heterocycles. The molecule has 8 heteroatoms. The van der Waals surface area contributed by atoms with Crippen LogP contribution in [-0.2, 0) is 16.0 Å². The fourth-order valence-corrected chi connectivity index (χ4v) is 1.83. The Bertz CT molecular complexity index is 537. The maximum absolute atomic E-state index is 11.3. The van der Waals surface area contributed by atoms with Crippen LogP contribution >= 0.6 is 0 Å². The molecule has 0 aromatic heterocycles. The van der Waals surface area contributed by atoms with Crippen LogP contribution in [0.1, 0.15) is 23.7 Å². The molecule has 0 bridgehead atoms.